The van der Waals surface area contributed by atoms with E-state index in [2.05, 4.69) is 0 Å². The van der Waals surface area contributed by atoms with E-state index in [1.54, 1.807) is 12.0 Å². The van der Waals surface area contributed by atoms with Crippen molar-refractivity contribution in [3.8, 4) is 5.75 Å². The zero-order valence-electron chi connectivity index (χ0n) is 13.4. The van der Waals surface area contributed by atoms with Crippen molar-refractivity contribution in [1.82, 2.24) is 9.80 Å². The number of ether oxygens (including phenoxy) is 2. The van der Waals surface area contributed by atoms with E-state index in [9.17, 15) is 9.59 Å². The summed E-state index contributed by atoms with van der Waals surface area (Å²) >= 11 is 0. The van der Waals surface area contributed by atoms with Gasteiger partial charge in [-0.05, 0) is 30.5 Å². The highest BCUT2D eigenvalue weighted by molar-refractivity contribution is 5.79. The first kappa shape index (κ1) is 15.6. The molecular formula is C17H22N2O4. The number of hydrogen-bond acceptors (Lipinski definition) is 4. The van der Waals surface area contributed by atoms with Crippen LogP contribution in [0.5, 0.6) is 5.75 Å². The molecule has 0 unspecified atom stereocenters. The molecule has 0 bridgehead atoms. The van der Waals surface area contributed by atoms with Crippen LogP contribution in [0.4, 0.5) is 4.79 Å². The molecule has 2 saturated heterocycles. The third-order valence-electron chi connectivity index (χ3n) is 4.54. The van der Waals surface area contributed by atoms with Gasteiger partial charge >= 0.3 is 6.09 Å². The zero-order valence-corrected chi connectivity index (χ0v) is 13.4. The molecule has 3 rings (SSSR count). The summed E-state index contributed by atoms with van der Waals surface area (Å²) in [6.07, 6.45) is 1.80. The predicted octanol–water partition coefficient (Wildman–Crippen LogP) is 1.68. The zero-order chi connectivity index (χ0) is 16.2. The molecular weight excluding hydrogens is 296 g/mol. The number of likely N-dealkylation sites (tertiary alicyclic amines) is 1. The van der Waals surface area contributed by atoms with E-state index in [0.717, 1.165) is 24.2 Å². The fourth-order valence-electron chi connectivity index (χ4n) is 3.23. The van der Waals surface area contributed by atoms with Crippen LogP contribution in [0.3, 0.4) is 0 Å². The molecule has 2 aliphatic rings. The van der Waals surface area contributed by atoms with Gasteiger partial charge in [0, 0.05) is 19.1 Å². The van der Waals surface area contributed by atoms with E-state index in [1.165, 1.54) is 0 Å². The fraction of sp³-hybridized carbons (Fsp3) is 0.529. The Morgan fingerprint density at radius 2 is 2.09 bits per heavy atom. The van der Waals surface area contributed by atoms with Gasteiger partial charge in [0.05, 0.1) is 20.1 Å². The van der Waals surface area contributed by atoms with E-state index in [0.29, 0.717) is 32.7 Å². The summed E-state index contributed by atoms with van der Waals surface area (Å²) in [4.78, 5) is 27.7. The number of amides is 2. The van der Waals surface area contributed by atoms with Crippen molar-refractivity contribution in [2.24, 2.45) is 0 Å². The molecule has 6 heteroatoms. The first-order valence-electron chi connectivity index (χ1n) is 8.01. The summed E-state index contributed by atoms with van der Waals surface area (Å²) in [6.45, 7) is 2.53. The second-order valence-electron chi connectivity index (χ2n) is 5.95. The average Bonchev–Trinajstić information content (AvgIpc) is 3.01. The van der Waals surface area contributed by atoms with Gasteiger partial charge in [0.25, 0.3) is 0 Å². The van der Waals surface area contributed by atoms with Gasteiger partial charge in [0.15, 0.2) is 0 Å². The first-order chi connectivity index (χ1) is 11.2. The molecule has 6 nitrogen and oxygen atoms in total. The van der Waals surface area contributed by atoms with Crippen molar-refractivity contribution in [3.63, 3.8) is 0 Å². The molecule has 1 aromatic carbocycles. The molecule has 1 aromatic rings. The fourth-order valence-corrected chi connectivity index (χ4v) is 3.23. The number of rotatable bonds is 4. The highest BCUT2D eigenvalue weighted by Gasteiger charge is 2.33. The monoisotopic (exact) mass is 318 g/mol. The van der Waals surface area contributed by atoms with Gasteiger partial charge in [-0.15, -0.1) is 0 Å². The van der Waals surface area contributed by atoms with Crippen LogP contribution in [0.1, 0.15) is 18.4 Å². The van der Waals surface area contributed by atoms with Gasteiger partial charge in [0.1, 0.15) is 12.4 Å². The summed E-state index contributed by atoms with van der Waals surface area (Å²) in [7, 11) is 1.62. The van der Waals surface area contributed by atoms with E-state index >= 15 is 0 Å². The molecule has 2 fully saturated rings. The summed E-state index contributed by atoms with van der Waals surface area (Å²) in [6, 6.07) is 7.80. The quantitative estimate of drug-likeness (QED) is 0.847. The molecule has 0 spiro atoms. The van der Waals surface area contributed by atoms with Crippen molar-refractivity contribution >= 4 is 12.0 Å². The van der Waals surface area contributed by atoms with Gasteiger partial charge in [-0.1, -0.05) is 12.1 Å². The number of methoxy groups -OCH3 is 1. The summed E-state index contributed by atoms with van der Waals surface area (Å²) in [5, 5.41) is 0. The Morgan fingerprint density at radius 1 is 1.30 bits per heavy atom. The van der Waals surface area contributed by atoms with Gasteiger partial charge in [-0.3, -0.25) is 4.79 Å². The number of carbonyl (C=O) groups is 2. The van der Waals surface area contributed by atoms with Gasteiger partial charge in [0.2, 0.25) is 5.91 Å². The lowest BCUT2D eigenvalue weighted by Crippen LogP contribution is -2.47. The molecule has 0 atom stereocenters. The Balaban J connectivity index is 1.52. The summed E-state index contributed by atoms with van der Waals surface area (Å²) in [5.74, 6) is 0.891. The lowest BCUT2D eigenvalue weighted by atomic mass is 10.0. The standard InChI is InChI=1S/C17H22N2O4/c1-22-15-4-2-3-13(11-15)12-16(20)18-7-5-14(6-8-18)19-9-10-23-17(19)21/h2-4,11,14H,5-10,12H2,1H3. The molecule has 0 saturated carbocycles. The number of cyclic esters (lactones) is 1. The lowest BCUT2D eigenvalue weighted by molar-refractivity contribution is -0.131. The topological polar surface area (TPSA) is 59.1 Å². The van der Waals surface area contributed by atoms with Crippen LogP contribution in [-0.4, -0.2) is 61.2 Å². The molecule has 0 radical (unpaired) electrons. The average molecular weight is 318 g/mol. The minimum atomic E-state index is -0.217. The van der Waals surface area contributed by atoms with E-state index in [1.807, 2.05) is 29.2 Å². The van der Waals surface area contributed by atoms with Crippen LogP contribution in [-0.2, 0) is 16.0 Å². The number of carbonyl (C=O) groups excluding carboxylic acids is 2. The Labute approximate surface area is 136 Å². The predicted molar refractivity (Wildman–Crippen MR) is 84.4 cm³/mol. The van der Waals surface area contributed by atoms with Crippen LogP contribution in [0.2, 0.25) is 0 Å². The van der Waals surface area contributed by atoms with Crippen LogP contribution < -0.4 is 4.74 Å². The third kappa shape index (κ3) is 3.57. The Bertz CT molecular complexity index is 582. The van der Waals surface area contributed by atoms with Crippen LogP contribution in [0.25, 0.3) is 0 Å². The number of benzene rings is 1. The molecule has 124 valence electrons. The van der Waals surface area contributed by atoms with E-state index in [-0.39, 0.29) is 18.0 Å². The SMILES string of the molecule is COc1cccc(CC(=O)N2CCC(N3CCOC3=O)CC2)c1. The maximum atomic E-state index is 12.4. The Hall–Kier alpha value is -2.24. The van der Waals surface area contributed by atoms with Crippen molar-refractivity contribution in [2.75, 3.05) is 33.4 Å². The third-order valence-corrected chi connectivity index (χ3v) is 4.54. The molecule has 2 amide bonds. The molecule has 0 N–H and O–H groups in total. The lowest BCUT2D eigenvalue weighted by Gasteiger charge is -2.35. The second kappa shape index (κ2) is 6.89. The second-order valence-corrected chi connectivity index (χ2v) is 5.95. The summed E-state index contributed by atoms with van der Waals surface area (Å²) in [5.41, 5.74) is 0.958. The van der Waals surface area contributed by atoms with Crippen LogP contribution in [0.15, 0.2) is 24.3 Å². The normalized spacial score (nSPS) is 18.9. The number of nitrogens with zero attached hydrogens (tertiary/aromatic N) is 2. The highest BCUT2D eigenvalue weighted by atomic mass is 16.6. The van der Waals surface area contributed by atoms with Crippen molar-refractivity contribution < 1.29 is 19.1 Å². The van der Waals surface area contributed by atoms with Gasteiger partial charge in [-0.25, -0.2) is 4.79 Å². The maximum Gasteiger partial charge on any atom is 0.410 e. The van der Waals surface area contributed by atoms with Gasteiger partial charge < -0.3 is 19.3 Å². The Kier molecular flexibility index (Phi) is 4.69. The van der Waals surface area contributed by atoms with Gasteiger partial charge in [-0.2, -0.15) is 0 Å². The maximum absolute atomic E-state index is 12.4. The van der Waals surface area contributed by atoms with E-state index in [4.69, 9.17) is 9.47 Å². The number of hydrogen-bond donors (Lipinski definition) is 0. The molecule has 0 aromatic heterocycles. The highest BCUT2D eigenvalue weighted by Crippen LogP contribution is 2.21. The molecule has 2 aliphatic heterocycles. The minimum absolute atomic E-state index is 0.126. The van der Waals surface area contributed by atoms with E-state index < -0.39 is 0 Å². The minimum Gasteiger partial charge on any atom is -0.497 e. The molecule has 0 aliphatic carbocycles. The summed E-state index contributed by atoms with van der Waals surface area (Å²) < 4.78 is 10.2. The Morgan fingerprint density at radius 3 is 2.74 bits per heavy atom. The number of piperidine rings is 1. The smallest absolute Gasteiger partial charge is 0.410 e. The van der Waals surface area contributed by atoms with Crippen molar-refractivity contribution in [3.05, 3.63) is 29.8 Å². The van der Waals surface area contributed by atoms with Crippen molar-refractivity contribution in [1.29, 1.82) is 0 Å². The molecule has 2 heterocycles. The van der Waals surface area contributed by atoms with Crippen molar-refractivity contribution in [2.45, 2.75) is 25.3 Å². The first-order valence-corrected chi connectivity index (χ1v) is 8.01. The molecule has 23 heavy (non-hydrogen) atoms. The van der Waals surface area contributed by atoms with Crippen LogP contribution in [0, 0.1) is 0 Å². The van der Waals surface area contributed by atoms with Crippen LogP contribution >= 0.6 is 0 Å². The largest absolute Gasteiger partial charge is 0.497 e.